The van der Waals surface area contributed by atoms with Gasteiger partial charge in [0, 0.05) is 11.8 Å². The van der Waals surface area contributed by atoms with Crippen molar-refractivity contribution in [3.63, 3.8) is 0 Å². The third-order valence-electron chi connectivity index (χ3n) is 2.77. The number of hydrogen-bond acceptors (Lipinski definition) is 4. The van der Waals surface area contributed by atoms with E-state index in [1.807, 2.05) is 43.3 Å². The molecule has 4 nitrogen and oxygen atoms in total. The van der Waals surface area contributed by atoms with Gasteiger partial charge in [-0.3, -0.25) is 0 Å². The number of halogens is 1. The lowest BCUT2D eigenvalue weighted by Crippen LogP contribution is -2.06. The molecule has 1 aromatic carbocycles. The zero-order valence-corrected chi connectivity index (χ0v) is 11.6. The predicted octanol–water partition coefficient (Wildman–Crippen LogP) is 4.05. The lowest BCUT2D eigenvalue weighted by molar-refractivity contribution is 0.557. The zero-order chi connectivity index (χ0) is 13.9. The monoisotopic (exact) mass is 285 g/mol. The van der Waals surface area contributed by atoms with E-state index in [4.69, 9.17) is 16.0 Å². The number of rotatable bonds is 2. The third kappa shape index (κ3) is 2.81. The highest BCUT2D eigenvalue weighted by Gasteiger charge is 2.15. The summed E-state index contributed by atoms with van der Waals surface area (Å²) in [5.41, 5.74) is 2.70. The molecule has 1 aliphatic heterocycles. The van der Waals surface area contributed by atoms with Crippen LogP contribution >= 0.6 is 11.6 Å². The maximum Gasteiger partial charge on any atom is 0.229 e. The van der Waals surface area contributed by atoms with Crippen molar-refractivity contribution in [3.8, 4) is 0 Å². The first-order chi connectivity index (χ1) is 9.70. The molecular weight excluding hydrogens is 274 g/mol. The molecule has 0 radical (unpaired) electrons. The van der Waals surface area contributed by atoms with Gasteiger partial charge in [0.2, 0.25) is 5.96 Å². The molecule has 0 amide bonds. The lowest BCUT2D eigenvalue weighted by Gasteiger charge is -2.02. The number of furan rings is 1. The number of guanidine groups is 1. The Morgan fingerprint density at radius 2 is 1.95 bits per heavy atom. The van der Waals surface area contributed by atoms with Crippen molar-refractivity contribution in [2.24, 2.45) is 9.98 Å². The summed E-state index contributed by atoms with van der Waals surface area (Å²) in [4.78, 5) is 8.51. The summed E-state index contributed by atoms with van der Waals surface area (Å²) in [6, 6.07) is 11.6. The molecule has 100 valence electrons. The van der Waals surface area contributed by atoms with E-state index < -0.39 is 0 Å². The number of anilines is 1. The predicted molar refractivity (Wildman–Crippen MR) is 82.2 cm³/mol. The first-order valence-electron chi connectivity index (χ1n) is 6.13. The van der Waals surface area contributed by atoms with E-state index in [1.165, 1.54) is 5.56 Å². The van der Waals surface area contributed by atoms with Gasteiger partial charge in [-0.1, -0.05) is 29.3 Å². The Labute approximate surface area is 121 Å². The SMILES string of the molecule is Cc1ccc(NC2=N/C(=C\c3ccco3)C(Cl)=N2)cc1. The van der Waals surface area contributed by atoms with Gasteiger partial charge in [-0.25, -0.2) is 4.99 Å². The van der Waals surface area contributed by atoms with E-state index in [1.54, 1.807) is 12.3 Å². The number of aliphatic imine (C=N–C) groups is 2. The first-order valence-corrected chi connectivity index (χ1v) is 6.51. The second kappa shape index (κ2) is 5.35. The van der Waals surface area contributed by atoms with Crippen molar-refractivity contribution in [1.29, 1.82) is 0 Å². The van der Waals surface area contributed by atoms with Crippen LogP contribution in [-0.2, 0) is 0 Å². The fraction of sp³-hybridized carbons (Fsp3) is 0.0667. The molecule has 0 saturated heterocycles. The fourth-order valence-corrected chi connectivity index (χ4v) is 1.93. The first kappa shape index (κ1) is 12.7. The molecule has 20 heavy (non-hydrogen) atoms. The van der Waals surface area contributed by atoms with Gasteiger partial charge < -0.3 is 9.73 Å². The molecule has 0 bridgehead atoms. The van der Waals surface area contributed by atoms with E-state index in [9.17, 15) is 0 Å². The average molecular weight is 286 g/mol. The molecule has 1 aromatic heterocycles. The van der Waals surface area contributed by atoms with Gasteiger partial charge in [0.25, 0.3) is 0 Å². The Morgan fingerprint density at radius 1 is 1.15 bits per heavy atom. The Kier molecular flexibility index (Phi) is 3.39. The van der Waals surface area contributed by atoms with Crippen molar-refractivity contribution in [1.82, 2.24) is 0 Å². The molecule has 3 rings (SSSR count). The highest BCUT2D eigenvalue weighted by Crippen LogP contribution is 2.19. The van der Waals surface area contributed by atoms with Crippen molar-refractivity contribution in [3.05, 3.63) is 59.7 Å². The molecule has 0 aliphatic carbocycles. The molecular formula is C15H12ClN3O. The molecule has 2 heterocycles. The van der Waals surface area contributed by atoms with Crippen LogP contribution in [0.5, 0.6) is 0 Å². The molecule has 0 atom stereocenters. The van der Waals surface area contributed by atoms with Crippen molar-refractivity contribution in [2.75, 3.05) is 5.32 Å². The Morgan fingerprint density at radius 3 is 2.65 bits per heavy atom. The van der Waals surface area contributed by atoms with Gasteiger partial charge in [-0.2, -0.15) is 4.99 Å². The summed E-state index contributed by atoms with van der Waals surface area (Å²) in [6.45, 7) is 2.04. The summed E-state index contributed by atoms with van der Waals surface area (Å²) in [5, 5.41) is 3.46. The van der Waals surface area contributed by atoms with Gasteiger partial charge in [-0.15, -0.1) is 0 Å². The molecule has 0 unspecified atom stereocenters. The van der Waals surface area contributed by atoms with E-state index in [-0.39, 0.29) is 0 Å². The normalized spacial score (nSPS) is 16.2. The maximum atomic E-state index is 6.07. The molecule has 0 spiro atoms. The summed E-state index contributed by atoms with van der Waals surface area (Å²) in [7, 11) is 0. The van der Waals surface area contributed by atoms with Gasteiger partial charge in [-0.05, 0) is 31.2 Å². The van der Waals surface area contributed by atoms with Crippen molar-refractivity contribution < 1.29 is 4.42 Å². The molecule has 5 heteroatoms. The summed E-state index contributed by atoms with van der Waals surface area (Å²) < 4.78 is 5.23. The van der Waals surface area contributed by atoms with Crippen LogP contribution in [0.1, 0.15) is 11.3 Å². The van der Waals surface area contributed by atoms with Crippen LogP contribution in [0.2, 0.25) is 0 Å². The third-order valence-corrected chi connectivity index (χ3v) is 3.05. The molecule has 0 saturated carbocycles. The van der Waals surface area contributed by atoms with E-state index in [0.29, 0.717) is 22.6 Å². The van der Waals surface area contributed by atoms with Gasteiger partial charge in [0.15, 0.2) is 5.17 Å². The Hall–Kier alpha value is -2.33. The highest BCUT2D eigenvalue weighted by atomic mass is 35.5. The van der Waals surface area contributed by atoms with Gasteiger partial charge in [0.05, 0.1) is 6.26 Å². The molecule has 1 N–H and O–H groups in total. The zero-order valence-electron chi connectivity index (χ0n) is 10.8. The lowest BCUT2D eigenvalue weighted by atomic mass is 10.2. The second-order valence-electron chi connectivity index (χ2n) is 4.37. The minimum atomic E-state index is 0.344. The largest absolute Gasteiger partial charge is 0.465 e. The van der Waals surface area contributed by atoms with E-state index >= 15 is 0 Å². The Bertz CT molecular complexity index is 697. The quantitative estimate of drug-likeness (QED) is 0.905. The summed E-state index contributed by atoms with van der Waals surface area (Å²) in [5.74, 6) is 1.16. The second-order valence-corrected chi connectivity index (χ2v) is 4.73. The van der Waals surface area contributed by atoms with Crippen LogP contribution in [0.3, 0.4) is 0 Å². The van der Waals surface area contributed by atoms with Crippen molar-refractivity contribution in [2.45, 2.75) is 6.92 Å². The van der Waals surface area contributed by atoms with Crippen LogP contribution in [0.4, 0.5) is 5.69 Å². The van der Waals surface area contributed by atoms with Crippen LogP contribution in [0, 0.1) is 6.92 Å². The maximum absolute atomic E-state index is 6.07. The Balaban J connectivity index is 1.80. The minimum Gasteiger partial charge on any atom is -0.465 e. The minimum absolute atomic E-state index is 0.344. The van der Waals surface area contributed by atoms with Crippen LogP contribution in [0.15, 0.2) is 62.8 Å². The standard InChI is InChI=1S/C15H12ClN3O/c1-10-4-6-11(7-5-10)17-15-18-13(14(16)19-15)9-12-3-2-8-20-12/h2-9H,1H3,(H,17,18)/b13-9-. The van der Waals surface area contributed by atoms with Crippen LogP contribution < -0.4 is 5.32 Å². The number of nitrogens with zero attached hydrogens (tertiary/aromatic N) is 2. The van der Waals surface area contributed by atoms with Gasteiger partial charge >= 0.3 is 0 Å². The van der Waals surface area contributed by atoms with E-state index in [0.717, 1.165) is 5.69 Å². The molecule has 0 fully saturated rings. The number of nitrogens with one attached hydrogen (secondary N) is 1. The number of aryl methyl sites for hydroxylation is 1. The topological polar surface area (TPSA) is 49.9 Å². The van der Waals surface area contributed by atoms with Gasteiger partial charge in [0.1, 0.15) is 11.5 Å². The number of benzene rings is 1. The number of hydrogen-bond donors (Lipinski definition) is 1. The highest BCUT2D eigenvalue weighted by molar-refractivity contribution is 6.71. The van der Waals surface area contributed by atoms with Crippen molar-refractivity contribution >= 4 is 34.5 Å². The fourth-order valence-electron chi connectivity index (χ4n) is 1.76. The van der Waals surface area contributed by atoms with E-state index in [2.05, 4.69) is 15.3 Å². The smallest absolute Gasteiger partial charge is 0.229 e. The summed E-state index contributed by atoms with van der Waals surface area (Å²) >= 11 is 6.07. The number of allylic oxidation sites excluding steroid dienone is 1. The van der Waals surface area contributed by atoms with Crippen LogP contribution in [0.25, 0.3) is 6.08 Å². The van der Waals surface area contributed by atoms with Crippen LogP contribution in [-0.4, -0.2) is 11.1 Å². The molecule has 2 aromatic rings. The average Bonchev–Trinajstić information content (AvgIpc) is 3.04. The summed E-state index contributed by atoms with van der Waals surface area (Å²) in [6.07, 6.45) is 3.34. The molecule has 1 aliphatic rings.